The molecule has 7 nitrogen and oxygen atoms in total. The van der Waals surface area contributed by atoms with E-state index in [0.717, 1.165) is 0 Å². The zero-order valence-corrected chi connectivity index (χ0v) is 13.3. The van der Waals surface area contributed by atoms with Gasteiger partial charge in [-0.25, -0.2) is 0 Å². The molecular formula is C16H18N4O3. The van der Waals surface area contributed by atoms with Gasteiger partial charge in [0.1, 0.15) is 5.75 Å². The number of anilines is 1. The molecular weight excluding hydrogens is 296 g/mol. The molecule has 120 valence electrons. The van der Waals surface area contributed by atoms with Crippen LogP contribution in [0.3, 0.4) is 0 Å². The van der Waals surface area contributed by atoms with Crippen molar-refractivity contribution >= 4 is 5.95 Å². The summed E-state index contributed by atoms with van der Waals surface area (Å²) in [6, 6.07) is 5.32. The van der Waals surface area contributed by atoms with Crippen LogP contribution >= 0.6 is 0 Å². The Kier molecular flexibility index (Phi) is 5.72. The predicted octanol–water partition coefficient (Wildman–Crippen LogP) is 1.94. The summed E-state index contributed by atoms with van der Waals surface area (Å²) in [6.07, 6.45) is 5.45. The van der Waals surface area contributed by atoms with Gasteiger partial charge in [-0.05, 0) is 25.1 Å². The van der Waals surface area contributed by atoms with Crippen LogP contribution in [0.1, 0.15) is 12.5 Å². The van der Waals surface area contributed by atoms with Crippen molar-refractivity contribution in [2.45, 2.75) is 6.92 Å². The Balaban J connectivity index is 2.47. The van der Waals surface area contributed by atoms with Crippen molar-refractivity contribution in [2.24, 2.45) is 0 Å². The fraction of sp³-hybridized carbons (Fsp3) is 0.312. The second-order valence-electron chi connectivity index (χ2n) is 4.35. The maximum absolute atomic E-state index is 5.65. The Hall–Kier alpha value is -2.85. The number of rotatable bonds is 7. The third kappa shape index (κ3) is 3.87. The van der Waals surface area contributed by atoms with Crippen LogP contribution in [0, 0.1) is 12.3 Å². The topological polar surface area (TPSA) is 78.4 Å². The lowest BCUT2D eigenvalue weighted by atomic mass is 10.1. The summed E-state index contributed by atoms with van der Waals surface area (Å²) in [5.74, 6) is 3.79. The molecule has 1 heterocycles. The first-order chi connectivity index (χ1) is 11.2. The van der Waals surface area contributed by atoms with Crippen LogP contribution in [0.4, 0.5) is 5.95 Å². The molecule has 1 aromatic heterocycles. The van der Waals surface area contributed by atoms with E-state index in [0.29, 0.717) is 41.0 Å². The Morgan fingerprint density at radius 2 is 2.13 bits per heavy atom. The lowest BCUT2D eigenvalue weighted by Gasteiger charge is -2.13. The molecule has 0 aliphatic carbocycles. The van der Waals surface area contributed by atoms with E-state index in [4.69, 9.17) is 20.6 Å². The third-order valence-corrected chi connectivity index (χ3v) is 2.98. The largest absolute Gasteiger partial charge is 0.479 e. The molecule has 0 aliphatic rings. The molecule has 23 heavy (non-hydrogen) atoms. The van der Waals surface area contributed by atoms with Crippen molar-refractivity contribution in [1.29, 1.82) is 0 Å². The molecule has 0 unspecified atom stereocenters. The average molecular weight is 314 g/mol. The van der Waals surface area contributed by atoms with Crippen molar-refractivity contribution in [3.8, 4) is 35.2 Å². The molecule has 2 aromatic rings. The van der Waals surface area contributed by atoms with E-state index in [1.807, 2.05) is 6.92 Å². The summed E-state index contributed by atoms with van der Waals surface area (Å²) in [4.78, 5) is 4.23. The van der Waals surface area contributed by atoms with Gasteiger partial charge in [0.2, 0.25) is 11.8 Å². The van der Waals surface area contributed by atoms with Gasteiger partial charge in [-0.2, -0.15) is 4.98 Å². The van der Waals surface area contributed by atoms with Gasteiger partial charge in [-0.1, -0.05) is 5.92 Å². The van der Waals surface area contributed by atoms with E-state index < -0.39 is 0 Å². The summed E-state index contributed by atoms with van der Waals surface area (Å²) in [5, 5.41) is 11.0. The van der Waals surface area contributed by atoms with E-state index in [1.165, 1.54) is 7.11 Å². The zero-order valence-electron chi connectivity index (χ0n) is 13.3. The minimum Gasteiger partial charge on any atom is -0.479 e. The molecule has 0 spiro atoms. The smallest absolute Gasteiger partial charge is 0.245 e. The molecule has 0 amide bonds. The van der Waals surface area contributed by atoms with Gasteiger partial charge >= 0.3 is 0 Å². The highest BCUT2D eigenvalue weighted by Gasteiger charge is 2.17. The Morgan fingerprint density at radius 1 is 1.30 bits per heavy atom. The Morgan fingerprint density at radius 3 is 2.78 bits per heavy atom. The summed E-state index contributed by atoms with van der Waals surface area (Å²) < 4.78 is 16.2. The summed E-state index contributed by atoms with van der Waals surface area (Å²) >= 11 is 0. The first kappa shape index (κ1) is 16.5. The van der Waals surface area contributed by atoms with Gasteiger partial charge in [0, 0.05) is 24.8 Å². The SMILES string of the molecule is C#Cc1ccc(-c2nnc(NC)nc2OC)c(OCOCC)c1. The molecule has 0 aliphatic heterocycles. The molecule has 0 saturated heterocycles. The average Bonchev–Trinajstić information content (AvgIpc) is 2.61. The quantitative estimate of drug-likeness (QED) is 0.475. The fourth-order valence-electron chi connectivity index (χ4n) is 1.84. The van der Waals surface area contributed by atoms with E-state index in [-0.39, 0.29) is 6.79 Å². The highest BCUT2D eigenvalue weighted by atomic mass is 16.7. The highest BCUT2D eigenvalue weighted by Crippen LogP contribution is 2.34. The van der Waals surface area contributed by atoms with E-state index in [1.54, 1.807) is 25.2 Å². The number of hydrogen-bond donors (Lipinski definition) is 1. The van der Waals surface area contributed by atoms with Gasteiger partial charge < -0.3 is 19.5 Å². The number of hydrogen-bond acceptors (Lipinski definition) is 7. The third-order valence-electron chi connectivity index (χ3n) is 2.98. The zero-order chi connectivity index (χ0) is 16.7. The van der Waals surface area contributed by atoms with Crippen LogP contribution in [0.5, 0.6) is 11.6 Å². The lowest BCUT2D eigenvalue weighted by molar-refractivity contribution is 0.0227. The summed E-state index contributed by atoms with van der Waals surface area (Å²) in [6.45, 7) is 2.54. The van der Waals surface area contributed by atoms with E-state index in [9.17, 15) is 0 Å². The second-order valence-corrected chi connectivity index (χ2v) is 4.35. The monoisotopic (exact) mass is 314 g/mol. The number of nitrogens with one attached hydrogen (secondary N) is 1. The van der Waals surface area contributed by atoms with Gasteiger partial charge in [0.15, 0.2) is 12.5 Å². The van der Waals surface area contributed by atoms with E-state index >= 15 is 0 Å². The molecule has 0 bridgehead atoms. The van der Waals surface area contributed by atoms with Gasteiger partial charge in [0.25, 0.3) is 0 Å². The van der Waals surface area contributed by atoms with Crippen molar-refractivity contribution in [1.82, 2.24) is 15.2 Å². The van der Waals surface area contributed by atoms with Crippen LogP contribution < -0.4 is 14.8 Å². The van der Waals surface area contributed by atoms with Crippen molar-refractivity contribution in [2.75, 3.05) is 32.9 Å². The number of methoxy groups -OCH3 is 1. The molecule has 1 aromatic carbocycles. The highest BCUT2D eigenvalue weighted by molar-refractivity contribution is 5.72. The first-order valence-corrected chi connectivity index (χ1v) is 7.01. The van der Waals surface area contributed by atoms with Gasteiger partial charge in [-0.15, -0.1) is 16.6 Å². The molecule has 7 heteroatoms. The lowest BCUT2D eigenvalue weighted by Crippen LogP contribution is -2.06. The molecule has 0 fully saturated rings. The normalized spacial score (nSPS) is 10.0. The number of nitrogens with zero attached hydrogens (tertiary/aromatic N) is 3. The minimum absolute atomic E-state index is 0.106. The molecule has 2 rings (SSSR count). The Bertz CT molecular complexity index is 713. The van der Waals surface area contributed by atoms with Crippen LogP contribution in [0.15, 0.2) is 18.2 Å². The molecule has 0 radical (unpaired) electrons. The van der Waals surface area contributed by atoms with E-state index in [2.05, 4.69) is 26.4 Å². The van der Waals surface area contributed by atoms with Crippen LogP contribution in [0.2, 0.25) is 0 Å². The standard InChI is InChI=1S/C16H18N4O3/c1-5-11-7-8-12(13(9-11)23-10-22-6-2)14-15(21-4)18-16(17-3)20-19-14/h1,7-9H,6,10H2,2-4H3,(H,17,18,20). The summed E-state index contributed by atoms with van der Waals surface area (Å²) in [5.41, 5.74) is 1.82. The van der Waals surface area contributed by atoms with Crippen molar-refractivity contribution < 1.29 is 14.2 Å². The fourth-order valence-corrected chi connectivity index (χ4v) is 1.84. The number of benzene rings is 1. The van der Waals surface area contributed by atoms with Crippen LogP contribution in [0.25, 0.3) is 11.3 Å². The van der Waals surface area contributed by atoms with Crippen molar-refractivity contribution in [3.63, 3.8) is 0 Å². The van der Waals surface area contributed by atoms with Crippen LogP contribution in [-0.4, -0.2) is 42.7 Å². The van der Waals surface area contributed by atoms with Gasteiger partial charge in [0.05, 0.1) is 7.11 Å². The molecule has 0 atom stereocenters. The number of terminal acetylenes is 1. The summed E-state index contributed by atoms with van der Waals surface area (Å²) in [7, 11) is 3.22. The maximum atomic E-state index is 5.65. The first-order valence-electron chi connectivity index (χ1n) is 7.01. The maximum Gasteiger partial charge on any atom is 0.245 e. The number of aromatic nitrogens is 3. The predicted molar refractivity (Wildman–Crippen MR) is 86.4 cm³/mol. The molecule has 0 saturated carbocycles. The van der Waals surface area contributed by atoms with Crippen LogP contribution in [-0.2, 0) is 4.74 Å². The second kappa shape index (κ2) is 7.96. The Labute approximate surface area is 135 Å². The minimum atomic E-state index is 0.106. The van der Waals surface area contributed by atoms with Crippen molar-refractivity contribution in [3.05, 3.63) is 23.8 Å². The van der Waals surface area contributed by atoms with Gasteiger partial charge in [-0.3, -0.25) is 0 Å². The molecule has 1 N–H and O–H groups in total. The number of ether oxygens (including phenoxy) is 3.